The van der Waals surface area contributed by atoms with Crippen LogP contribution in [-0.4, -0.2) is 32.9 Å². The lowest BCUT2D eigenvalue weighted by Crippen LogP contribution is -2.23. The monoisotopic (exact) mass is 361 g/mol. The summed E-state index contributed by atoms with van der Waals surface area (Å²) in [7, 11) is 0. The molecule has 1 aromatic carbocycles. The van der Waals surface area contributed by atoms with Gasteiger partial charge in [0, 0.05) is 18.0 Å². The van der Waals surface area contributed by atoms with Gasteiger partial charge in [0.05, 0.1) is 6.04 Å². The second-order valence-electron chi connectivity index (χ2n) is 6.30. The number of benzene rings is 1. The number of aliphatic carboxylic acids is 1. The molecule has 8 heteroatoms. The van der Waals surface area contributed by atoms with Crippen LogP contribution in [0.4, 0.5) is 10.1 Å². The Hall–Kier alpha value is -2.90. The Morgan fingerprint density at radius 1 is 1.35 bits per heavy atom. The zero-order chi connectivity index (χ0) is 18.7. The number of carbonyl (C=O) groups is 2. The topological polar surface area (TPSA) is 93.5 Å². The summed E-state index contributed by atoms with van der Waals surface area (Å²) in [5.74, 6) is -2.50. The van der Waals surface area contributed by atoms with E-state index in [2.05, 4.69) is 10.4 Å². The van der Waals surface area contributed by atoms with Gasteiger partial charge in [0.2, 0.25) is 0 Å². The van der Waals surface area contributed by atoms with Gasteiger partial charge in [-0.1, -0.05) is 12.8 Å². The molecule has 7 nitrogen and oxygen atoms in total. The lowest BCUT2D eigenvalue weighted by Gasteiger charge is -2.15. The number of ether oxygens (including phenoxy) is 1. The van der Waals surface area contributed by atoms with E-state index in [9.17, 15) is 14.0 Å². The van der Waals surface area contributed by atoms with E-state index in [1.807, 2.05) is 0 Å². The zero-order valence-electron chi connectivity index (χ0n) is 14.3. The number of amides is 1. The molecule has 1 unspecified atom stereocenters. The van der Waals surface area contributed by atoms with Crippen molar-refractivity contribution in [3.63, 3.8) is 0 Å². The van der Waals surface area contributed by atoms with Gasteiger partial charge in [-0.05, 0) is 38.0 Å². The van der Waals surface area contributed by atoms with Crippen LogP contribution in [0.3, 0.4) is 0 Å². The molecule has 1 atom stereocenters. The van der Waals surface area contributed by atoms with Gasteiger partial charge >= 0.3 is 5.97 Å². The SMILES string of the molecule is CC(Oc1ccc(NC(=O)c2ccnn2C2CCCC2)cc1F)C(=O)O. The first-order valence-electron chi connectivity index (χ1n) is 8.49. The molecule has 138 valence electrons. The number of carbonyl (C=O) groups excluding carboxylic acids is 1. The van der Waals surface area contributed by atoms with Gasteiger partial charge in [-0.2, -0.15) is 5.10 Å². The van der Waals surface area contributed by atoms with E-state index in [4.69, 9.17) is 9.84 Å². The largest absolute Gasteiger partial charge is 0.479 e. The van der Waals surface area contributed by atoms with Crippen molar-refractivity contribution in [3.8, 4) is 5.75 Å². The van der Waals surface area contributed by atoms with Crippen molar-refractivity contribution in [2.24, 2.45) is 0 Å². The van der Waals surface area contributed by atoms with Crippen LogP contribution in [0.15, 0.2) is 30.5 Å². The molecule has 0 spiro atoms. The lowest BCUT2D eigenvalue weighted by atomic mass is 10.2. The Morgan fingerprint density at radius 3 is 2.73 bits per heavy atom. The minimum Gasteiger partial charge on any atom is -0.479 e. The van der Waals surface area contributed by atoms with E-state index in [1.165, 1.54) is 19.1 Å². The molecule has 0 aliphatic heterocycles. The van der Waals surface area contributed by atoms with E-state index in [1.54, 1.807) is 16.9 Å². The number of nitrogens with zero attached hydrogens (tertiary/aromatic N) is 2. The molecule has 1 saturated carbocycles. The zero-order valence-corrected chi connectivity index (χ0v) is 14.3. The highest BCUT2D eigenvalue weighted by Gasteiger charge is 2.23. The highest BCUT2D eigenvalue weighted by molar-refractivity contribution is 6.03. The number of aromatic nitrogens is 2. The average Bonchev–Trinajstić information content (AvgIpc) is 3.27. The predicted octanol–water partition coefficient (Wildman–Crippen LogP) is 3.24. The molecular formula is C18H20FN3O4. The number of hydrogen-bond acceptors (Lipinski definition) is 4. The number of halogens is 1. The highest BCUT2D eigenvalue weighted by Crippen LogP contribution is 2.30. The van der Waals surface area contributed by atoms with Crippen molar-refractivity contribution in [1.29, 1.82) is 0 Å². The summed E-state index contributed by atoms with van der Waals surface area (Å²) < 4.78 is 20.9. The standard InChI is InChI=1S/C18H20FN3O4/c1-11(18(24)25)26-16-7-6-12(10-14(16)19)21-17(23)15-8-9-20-22(15)13-4-2-3-5-13/h6-11,13H,2-5H2,1H3,(H,21,23)(H,24,25). The molecular weight excluding hydrogens is 341 g/mol. The summed E-state index contributed by atoms with van der Waals surface area (Å²) in [5.41, 5.74) is 0.680. The third kappa shape index (κ3) is 3.84. The van der Waals surface area contributed by atoms with Gasteiger partial charge in [0.15, 0.2) is 17.7 Å². The van der Waals surface area contributed by atoms with Crippen molar-refractivity contribution >= 4 is 17.6 Å². The van der Waals surface area contributed by atoms with E-state index < -0.39 is 17.9 Å². The minimum absolute atomic E-state index is 0.186. The van der Waals surface area contributed by atoms with Gasteiger partial charge in [0.25, 0.3) is 5.91 Å². The van der Waals surface area contributed by atoms with Crippen LogP contribution in [0.2, 0.25) is 0 Å². The van der Waals surface area contributed by atoms with Gasteiger partial charge in [-0.25, -0.2) is 9.18 Å². The normalized spacial score (nSPS) is 15.6. The average molecular weight is 361 g/mol. The van der Waals surface area contributed by atoms with Crippen LogP contribution in [0.5, 0.6) is 5.75 Å². The highest BCUT2D eigenvalue weighted by atomic mass is 19.1. The maximum absolute atomic E-state index is 14.1. The number of carboxylic acid groups (broad SMARTS) is 1. The molecule has 1 heterocycles. The predicted molar refractivity (Wildman–Crippen MR) is 91.8 cm³/mol. The number of hydrogen-bond donors (Lipinski definition) is 2. The van der Waals surface area contributed by atoms with Crippen molar-refractivity contribution in [1.82, 2.24) is 9.78 Å². The molecule has 3 rings (SSSR count). The Labute approximate surface area is 149 Å². The number of carboxylic acids is 1. The minimum atomic E-state index is -1.19. The number of anilines is 1. The molecule has 1 aliphatic carbocycles. The summed E-state index contributed by atoms with van der Waals surface area (Å²) in [5, 5.41) is 15.7. The van der Waals surface area contributed by atoms with Gasteiger partial charge < -0.3 is 15.2 Å². The second kappa shape index (κ2) is 7.55. The fourth-order valence-corrected chi connectivity index (χ4v) is 3.04. The first-order valence-corrected chi connectivity index (χ1v) is 8.49. The van der Waals surface area contributed by atoms with Crippen LogP contribution < -0.4 is 10.1 Å². The van der Waals surface area contributed by atoms with E-state index >= 15 is 0 Å². The quantitative estimate of drug-likeness (QED) is 0.824. The van der Waals surface area contributed by atoms with E-state index in [0.29, 0.717) is 5.69 Å². The fraction of sp³-hybridized carbons (Fsp3) is 0.389. The molecule has 26 heavy (non-hydrogen) atoms. The van der Waals surface area contributed by atoms with Gasteiger partial charge in [0.1, 0.15) is 5.69 Å². The molecule has 1 aliphatic rings. The first-order chi connectivity index (χ1) is 12.5. The maximum atomic E-state index is 14.1. The van der Waals surface area contributed by atoms with E-state index in [-0.39, 0.29) is 23.4 Å². The number of nitrogens with one attached hydrogen (secondary N) is 1. The molecule has 2 N–H and O–H groups in total. The number of rotatable bonds is 6. The molecule has 2 aromatic rings. The Morgan fingerprint density at radius 2 is 2.08 bits per heavy atom. The summed E-state index contributed by atoms with van der Waals surface area (Å²) in [4.78, 5) is 23.3. The van der Waals surface area contributed by atoms with E-state index in [0.717, 1.165) is 31.7 Å². The Kier molecular flexibility index (Phi) is 5.20. The van der Waals surface area contributed by atoms with Crippen LogP contribution in [0, 0.1) is 5.82 Å². The maximum Gasteiger partial charge on any atom is 0.344 e. The summed E-state index contributed by atoms with van der Waals surface area (Å²) in [6.45, 7) is 1.31. The van der Waals surface area contributed by atoms with Crippen molar-refractivity contribution in [2.75, 3.05) is 5.32 Å². The fourth-order valence-electron chi connectivity index (χ4n) is 3.04. The van der Waals surface area contributed by atoms with Crippen LogP contribution in [-0.2, 0) is 4.79 Å². The molecule has 0 bridgehead atoms. The Bertz CT molecular complexity index is 815. The van der Waals surface area contributed by atoms with Gasteiger partial charge in [-0.15, -0.1) is 0 Å². The molecule has 1 aromatic heterocycles. The lowest BCUT2D eigenvalue weighted by molar-refractivity contribution is -0.144. The van der Waals surface area contributed by atoms with Crippen LogP contribution in [0.1, 0.15) is 49.1 Å². The van der Waals surface area contributed by atoms with Crippen LogP contribution >= 0.6 is 0 Å². The van der Waals surface area contributed by atoms with Gasteiger partial charge in [-0.3, -0.25) is 9.48 Å². The van der Waals surface area contributed by atoms with Crippen LogP contribution in [0.25, 0.3) is 0 Å². The summed E-state index contributed by atoms with van der Waals surface area (Å²) in [6, 6.07) is 5.70. The summed E-state index contributed by atoms with van der Waals surface area (Å²) >= 11 is 0. The Balaban J connectivity index is 1.71. The molecule has 0 radical (unpaired) electrons. The summed E-state index contributed by atoms with van der Waals surface area (Å²) in [6.07, 6.45) is 4.62. The van der Waals surface area contributed by atoms with Crippen molar-refractivity contribution < 1.29 is 23.8 Å². The third-order valence-corrected chi connectivity index (χ3v) is 4.41. The van der Waals surface area contributed by atoms with Crippen molar-refractivity contribution in [3.05, 3.63) is 42.0 Å². The molecule has 0 saturated heterocycles. The molecule has 1 amide bonds. The third-order valence-electron chi connectivity index (χ3n) is 4.41. The van der Waals surface area contributed by atoms with Crippen molar-refractivity contribution in [2.45, 2.75) is 44.8 Å². The molecule has 1 fully saturated rings. The first kappa shape index (κ1) is 17.9. The smallest absolute Gasteiger partial charge is 0.344 e. The second-order valence-corrected chi connectivity index (χ2v) is 6.30.